The van der Waals surface area contributed by atoms with Crippen molar-refractivity contribution in [3.05, 3.63) is 23.8 Å². The molecule has 5 heteroatoms. The molecule has 0 aromatic heterocycles. The van der Waals surface area contributed by atoms with Gasteiger partial charge in [-0.15, -0.1) is 0 Å². The van der Waals surface area contributed by atoms with Crippen LogP contribution in [0.15, 0.2) is 18.2 Å². The summed E-state index contributed by atoms with van der Waals surface area (Å²) in [5, 5.41) is 0. The van der Waals surface area contributed by atoms with Crippen molar-refractivity contribution in [1.29, 1.82) is 0 Å². The minimum absolute atomic E-state index is 0.181. The molecule has 1 saturated heterocycles. The molecule has 19 heavy (non-hydrogen) atoms. The molecule has 3 aliphatic heterocycles. The second-order valence-electron chi connectivity index (χ2n) is 5.75. The van der Waals surface area contributed by atoms with Gasteiger partial charge in [0, 0.05) is 19.0 Å². The number of rotatable bonds is 0. The molecule has 1 unspecified atom stereocenters. The van der Waals surface area contributed by atoms with Gasteiger partial charge >= 0.3 is 0 Å². The van der Waals surface area contributed by atoms with E-state index in [9.17, 15) is 4.79 Å². The highest BCUT2D eigenvalue weighted by Gasteiger charge is 2.45. The topological polar surface area (TPSA) is 26.8 Å². The van der Waals surface area contributed by atoms with Crippen molar-refractivity contribution in [2.45, 2.75) is 18.4 Å². The molecule has 0 saturated carbocycles. The molecular formula is C14H16BN3O. The Bertz CT molecular complexity index is 562. The Balaban J connectivity index is 1.88. The summed E-state index contributed by atoms with van der Waals surface area (Å²) in [6.07, 6.45) is 1.03. The van der Waals surface area contributed by atoms with Crippen molar-refractivity contribution in [2.24, 2.45) is 0 Å². The third-order valence-corrected chi connectivity index (χ3v) is 4.78. The van der Waals surface area contributed by atoms with E-state index in [-0.39, 0.29) is 5.91 Å². The zero-order valence-electron chi connectivity index (χ0n) is 11.0. The van der Waals surface area contributed by atoms with Gasteiger partial charge in [-0.25, -0.2) is 0 Å². The summed E-state index contributed by atoms with van der Waals surface area (Å²) >= 11 is 0. The van der Waals surface area contributed by atoms with E-state index in [4.69, 9.17) is 7.98 Å². The summed E-state index contributed by atoms with van der Waals surface area (Å²) in [5.41, 5.74) is 3.67. The first-order chi connectivity index (χ1) is 9.16. The van der Waals surface area contributed by atoms with Crippen LogP contribution in [0, 0.1) is 0 Å². The monoisotopic (exact) mass is 253 g/mol. The minimum Gasteiger partial charge on any atom is -0.357 e. The molecule has 4 nitrogen and oxygen atoms in total. The molecule has 0 spiro atoms. The fourth-order valence-electron chi connectivity index (χ4n) is 3.82. The Morgan fingerprint density at radius 3 is 3.05 bits per heavy atom. The van der Waals surface area contributed by atoms with E-state index in [0.29, 0.717) is 18.5 Å². The van der Waals surface area contributed by atoms with Crippen molar-refractivity contribution >= 4 is 25.3 Å². The average molecular weight is 253 g/mol. The van der Waals surface area contributed by atoms with Crippen molar-refractivity contribution in [1.82, 2.24) is 4.81 Å². The van der Waals surface area contributed by atoms with E-state index >= 15 is 0 Å². The third kappa shape index (κ3) is 1.42. The van der Waals surface area contributed by atoms with Gasteiger partial charge in [0.1, 0.15) is 0 Å². The first-order valence-corrected chi connectivity index (χ1v) is 6.82. The SMILES string of the molecule is [B]N1CC[C@@H]2C(C1)c1cccc3c1N2CC(=O)N3C. The summed E-state index contributed by atoms with van der Waals surface area (Å²) in [6.45, 7) is 2.30. The van der Waals surface area contributed by atoms with Gasteiger partial charge in [-0.2, -0.15) is 0 Å². The van der Waals surface area contributed by atoms with Gasteiger partial charge in [-0.3, -0.25) is 4.79 Å². The standard InChI is InChI=1S/C14H16BN3O/c1-16-12-4-2-3-9-10-7-17(15)6-5-11(10)18(14(9)12)8-13(16)19/h2-4,10-11H,5-8H2,1H3/t10?,11-/m1/s1. The lowest BCUT2D eigenvalue weighted by Gasteiger charge is -2.40. The van der Waals surface area contributed by atoms with E-state index in [0.717, 1.165) is 25.2 Å². The number of benzene rings is 1. The van der Waals surface area contributed by atoms with Crippen LogP contribution in [0.2, 0.25) is 0 Å². The van der Waals surface area contributed by atoms with Crippen LogP contribution in [0.4, 0.5) is 11.4 Å². The number of hydrogen-bond donors (Lipinski definition) is 0. The van der Waals surface area contributed by atoms with Crippen LogP contribution < -0.4 is 9.80 Å². The van der Waals surface area contributed by atoms with Crippen molar-refractivity contribution < 1.29 is 4.79 Å². The van der Waals surface area contributed by atoms with Gasteiger partial charge in [0.25, 0.3) is 0 Å². The Labute approximate surface area is 114 Å². The lowest BCUT2D eigenvalue weighted by atomic mass is 9.88. The number of amides is 1. The van der Waals surface area contributed by atoms with Crippen LogP contribution in [0.3, 0.4) is 0 Å². The molecule has 0 bridgehead atoms. The summed E-state index contributed by atoms with van der Waals surface area (Å²) < 4.78 is 0. The van der Waals surface area contributed by atoms with Gasteiger partial charge in [-0.1, -0.05) is 12.1 Å². The van der Waals surface area contributed by atoms with Crippen molar-refractivity contribution in [2.75, 3.05) is 36.5 Å². The molecule has 2 atom stereocenters. The van der Waals surface area contributed by atoms with Gasteiger partial charge in [0.2, 0.25) is 5.91 Å². The molecule has 1 amide bonds. The van der Waals surface area contributed by atoms with Gasteiger partial charge in [-0.05, 0) is 31.1 Å². The Morgan fingerprint density at radius 1 is 1.37 bits per heavy atom. The lowest BCUT2D eigenvalue weighted by molar-refractivity contribution is -0.117. The predicted octanol–water partition coefficient (Wildman–Crippen LogP) is 0.724. The summed E-state index contributed by atoms with van der Waals surface area (Å²) in [6, 6.07) is 6.73. The molecule has 1 aromatic carbocycles. The van der Waals surface area contributed by atoms with Gasteiger partial charge in [0.15, 0.2) is 7.98 Å². The number of piperidine rings is 1. The molecule has 3 aliphatic rings. The van der Waals surface area contributed by atoms with E-state index in [1.807, 2.05) is 17.9 Å². The number of carbonyl (C=O) groups excluding carboxylic acids is 1. The van der Waals surface area contributed by atoms with E-state index in [1.54, 1.807) is 4.90 Å². The summed E-state index contributed by atoms with van der Waals surface area (Å²) in [7, 11) is 7.85. The van der Waals surface area contributed by atoms with Crippen LogP contribution in [0.5, 0.6) is 0 Å². The number of nitrogens with zero attached hydrogens (tertiary/aromatic N) is 3. The third-order valence-electron chi connectivity index (χ3n) is 4.78. The number of likely N-dealkylation sites (N-methyl/N-ethyl adjacent to an activating group) is 1. The summed E-state index contributed by atoms with van der Waals surface area (Å²) in [5.74, 6) is 0.619. The number of anilines is 2. The van der Waals surface area contributed by atoms with E-state index in [1.165, 1.54) is 11.3 Å². The zero-order chi connectivity index (χ0) is 13.1. The maximum Gasteiger partial charge on any atom is 0.246 e. The van der Waals surface area contributed by atoms with Crippen LogP contribution in [-0.2, 0) is 4.79 Å². The second kappa shape index (κ2) is 3.76. The normalized spacial score (nSPS) is 29.4. The average Bonchev–Trinajstić information content (AvgIpc) is 2.71. The first kappa shape index (κ1) is 11.4. The summed E-state index contributed by atoms with van der Waals surface area (Å²) in [4.78, 5) is 18.1. The Morgan fingerprint density at radius 2 is 2.21 bits per heavy atom. The van der Waals surface area contributed by atoms with Crippen LogP contribution in [-0.4, -0.2) is 51.4 Å². The minimum atomic E-state index is 0.181. The highest BCUT2D eigenvalue weighted by Crippen LogP contribution is 2.50. The van der Waals surface area contributed by atoms with E-state index in [2.05, 4.69) is 17.0 Å². The highest BCUT2D eigenvalue weighted by atomic mass is 16.2. The molecule has 0 aliphatic carbocycles. The molecule has 0 N–H and O–H groups in total. The molecule has 4 rings (SSSR count). The second-order valence-corrected chi connectivity index (χ2v) is 5.75. The molecule has 1 fully saturated rings. The zero-order valence-corrected chi connectivity index (χ0v) is 11.0. The lowest BCUT2D eigenvalue weighted by Crippen LogP contribution is -2.50. The fourth-order valence-corrected chi connectivity index (χ4v) is 3.82. The Hall–Kier alpha value is -1.49. The van der Waals surface area contributed by atoms with E-state index < -0.39 is 0 Å². The maximum atomic E-state index is 12.1. The van der Waals surface area contributed by atoms with Crippen molar-refractivity contribution in [3.8, 4) is 0 Å². The van der Waals surface area contributed by atoms with Crippen LogP contribution in [0.1, 0.15) is 17.9 Å². The smallest absolute Gasteiger partial charge is 0.246 e. The number of fused-ring (bicyclic) bond motifs is 3. The molecular weight excluding hydrogens is 237 g/mol. The predicted molar refractivity (Wildman–Crippen MR) is 75.7 cm³/mol. The van der Waals surface area contributed by atoms with Crippen LogP contribution in [0.25, 0.3) is 0 Å². The van der Waals surface area contributed by atoms with Crippen LogP contribution >= 0.6 is 0 Å². The first-order valence-electron chi connectivity index (χ1n) is 6.82. The molecule has 3 heterocycles. The highest BCUT2D eigenvalue weighted by molar-refractivity contribution is 6.05. The molecule has 1 aromatic rings. The largest absolute Gasteiger partial charge is 0.357 e. The Kier molecular flexibility index (Phi) is 2.25. The fraction of sp³-hybridized carbons (Fsp3) is 0.500. The molecule has 96 valence electrons. The number of hydrogen-bond acceptors (Lipinski definition) is 3. The van der Waals surface area contributed by atoms with Gasteiger partial charge in [0.05, 0.1) is 17.9 Å². The van der Waals surface area contributed by atoms with Crippen molar-refractivity contribution in [3.63, 3.8) is 0 Å². The quantitative estimate of drug-likeness (QED) is 0.637. The number of carbonyl (C=O) groups is 1. The number of para-hydroxylation sites is 1. The van der Waals surface area contributed by atoms with Gasteiger partial charge < -0.3 is 14.6 Å². The molecule has 2 radical (unpaired) electrons. The maximum absolute atomic E-state index is 12.1.